The maximum Gasteiger partial charge on any atom is 0.272 e. The average Bonchev–Trinajstić information content (AvgIpc) is 2.59. The molecule has 0 aromatic heterocycles. The molecule has 23 heavy (non-hydrogen) atoms. The van der Waals surface area contributed by atoms with Crippen LogP contribution in [0.3, 0.4) is 0 Å². The van der Waals surface area contributed by atoms with Crippen molar-refractivity contribution >= 4 is 38.3 Å². The number of fused-ring (bicyclic) bond motifs is 1. The molecule has 1 amide bonds. The van der Waals surface area contributed by atoms with Crippen molar-refractivity contribution in [3.8, 4) is 0 Å². The van der Waals surface area contributed by atoms with Gasteiger partial charge in [0, 0.05) is 10.0 Å². The molecule has 0 saturated heterocycles. The van der Waals surface area contributed by atoms with Crippen molar-refractivity contribution in [1.29, 1.82) is 0 Å². The number of halogens is 1. The van der Waals surface area contributed by atoms with Gasteiger partial charge >= 0.3 is 0 Å². The van der Waals surface area contributed by atoms with E-state index in [9.17, 15) is 4.79 Å². The van der Waals surface area contributed by atoms with Gasteiger partial charge in [0.05, 0.1) is 5.71 Å². The molecular weight excluding hydrogens is 352 g/mol. The second-order valence-electron chi connectivity index (χ2n) is 5.18. The molecule has 0 spiro atoms. The molecule has 0 atom stereocenters. The summed E-state index contributed by atoms with van der Waals surface area (Å²) in [4.78, 5) is 12.4. The number of benzene rings is 3. The molecule has 0 bridgehead atoms. The predicted octanol–water partition coefficient (Wildman–Crippen LogP) is 4.76. The molecule has 0 fully saturated rings. The zero-order chi connectivity index (χ0) is 16.2. The molecule has 0 unspecified atom stereocenters. The summed E-state index contributed by atoms with van der Waals surface area (Å²) >= 11 is 3.43. The fourth-order valence-electron chi connectivity index (χ4n) is 2.40. The Morgan fingerprint density at radius 2 is 1.74 bits per heavy atom. The van der Waals surface area contributed by atoms with Crippen LogP contribution in [0.15, 0.2) is 76.3 Å². The van der Waals surface area contributed by atoms with Crippen LogP contribution in [0.4, 0.5) is 0 Å². The standard InChI is InChI=1S/C19H15BrN2O/c1-13(15-8-4-9-16(20)12-15)21-22-19(23)18-11-5-7-14-6-2-3-10-17(14)18/h2-12H,1H3,(H,22,23)/b21-13+. The monoisotopic (exact) mass is 366 g/mol. The fourth-order valence-corrected chi connectivity index (χ4v) is 2.80. The van der Waals surface area contributed by atoms with Gasteiger partial charge in [-0.2, -0.15) is 5.10 Å². The molecule has 4 heteroatoms. The maximum atomic E-state index is 12.4. The van der Waals surface area contributed by atoms with Gasteiger partial charge in [0.25, 0.3) is 5.91 Å². The Bertz CT molecular complexity index is 897. The van der Waals surface area contributed by atoms with Gasteiger partial charge in [0.2, 0.25) is 0 Å². The molecule has 0 heterocycles. The van der Waals surface area contributed by atoms with Gasteiger partial charge in [-0.25, -0.2) is 5.43 Å². The number of nitrogens with one attached hydrogen (secondary N) is 1. The summed E-state index contributed by atoms with van der Waals surface area (Å²) in [6, 6.07) is 21.3. The molecule has 3 rings (SSSR count). The summed E-state index contributed by atoms with van der Waals surface area (Å²) in [6.07, 6.45) is 0. The Hall–Kier alpha value is -2.46. The first kappa shape index (κ1) is 15.4. The van der Waals surface area contributed by atoms with E-state index in [2.05, 4.69) is 26.5 Å². The van der Waals surface area contributed by atoms with Crippen molar-refractivity contribution in [2.45, 2.75) is 6.92 Å². The molecule has 3 aromatic carbocycles. The third kappa shape index (κ3) is 3.48. The van der Waals surface area contributed by atoms with E-state index >= 15 is 0 Å². The average molecular weight is 367 g/mol. The van der Waals surface area contributed by atoms with E-state index < -0.39 is 0 Å². The second-order valence-corrected chi connectivity index (χ2v) is 6.09. The van der Waals surface area contributed by atoms with E-state index in [1.807, 2.05) is 73.7 Å². The summed E-state index contributed by atoms with van der Waals surface area (Å²) in [7, 11) is 0. The zero-order valence-electron chi connectivity index (χ0n) is 12.6. The van der Waals surface area contributed by atoms with Gasteiger partial charge in [-0.1, -0.05) is 64.5 Å². The van der Waals surface area contributed by atoms with Crippen molar-refractivity contribution in [2.75, 3.05) is 0 Å². The number of carbonyl (C=O) groups is 1. The van der Waals surface area contributed by atoms with Crippen LogP contribution in [0.5, 0.6) is 0 Å². The number of rotatable bonds is 3. The topological polar surface area (TPSA) is 41.5 Å². The van der Waals surface area contributed by atoms with Crippen molar-refractivity contribution in [1.82, 2.24) is 5.43 Å². The Morgan fingerprint density at radius 3 is 2.57 bits per heavy atom. The lowest BCUT2D eigenvalue weighted by molar-refractivity contribution is 0.0956. The van der Waals surface area contributed by atoms with E-state index in [4.69, 9.17) is 0 Å². The number of nitrogens with zero attached hydrogens (tertiary/aromatic N) is 1. The summed E-state index contributed by atoms with van der Waals surface area (Å²) in [6.45, 7) is 1.87. The first-order chi connectivity index (χ1) is 11.1. The first-order valence-corrected chi connectivity index (χ1v) is 8.03. The molecule has 0 aliphatic heterocycles. The minimum absolute atomic E-state index is 0.212. The van der Waals surface area contributed by atoms with Crippen LogP contribution in [0.1, 0.15) is 22.8 Å². The van der Waals surface area contributed by atoms with Gasteiger partial charge in [0.1, 0.15) is 0 Å². The molecule has 1 N–H and O–H groups in total. The first-order valence-electron chi connectivity index (χ1n) is 7.23. The number of carbonyl (C=O) groups excluding carboxylic acids is 1. The summed E-state index contributed by atoms with van der Waals surface area (Å²) in [5.74, 6) is -0.212. The number of hydrazone groups is 1. The molecule has 114 valence electrons. The minimum atomic E-state index is -0.212. The van der Waals surface area contributed by atoms with Crippen molar-refractivity contribution < 1.29 is 4.79 Å². The molecule has 0 saturated carbocycles. The summed E-state index contributed by atoms with van der Waals surface area (Å²) in [5.41, 5.74) is 4.97. The normalized spacial score (nSPS) is 11.5. The van der Waals surface area contributed by atoms with Crippen LogP contribution in [0.25, 0.3) is 10.8 Å². The van der Waals surface area contributed by atoms with Crippen molar-refractivity contribution in [3.63, 3.8) is 0 Å². The van der Waals surface area contributed by atoms with Gasteiger partial charge in [-0.3, -0.25) is 4.79 Å². The van der Waals surface area contributed by atoms with Crippen LogP contribution in [-0.4, -0.2) is 11.6 Å². The number of hydrogen-bond donors (Lipinski definition) is 1. The highest BCUT2D eigenvalue weighted by Gasteiger charge is 2.09. The Kier molecular flexibility index (Phi) is 4.53. The third-order valence-electron chi connectivity index (χ3n) is 3.60. The lowest BCUT2D eigenvalue weighted by Crippen LogP contribution is -2.19. The maximum absolute atomic E-state index is 12.4. The SMILES string of the molecule is C/C(=N\NC(=O)c1cccc2ccccc12)c1cccc(Br)c1. The van der Waals surface area contributed by atoms with E-state index in [0.29, 0.717) is 5.56 Å². The molecule has 3 aromatic rings. The lowest BCUT2D eigenvalue weighted by Gasteiger charge is -2.06. The van der Waals surface area contributed by atoms with Crippen molar-refractivity contribution in [2.24, 2.45) is 5.10 Å². The third-order valence-corrected chi connectivity index (χ3v) is 4.10. The van der Waals surface area contributed by atoms with Gasteiger partial charge in [-0.05, 0) is 41.5 Å². The van der Waals surface area contributed by atoms with E-state index in [1.54, 1.807) is 0 Å². The molecule has 0 aliphatic carbocycles. The Balaban J connectivity index is 1.85. The summed E-state index contributed by atoms with van der Waals surface area (Å²) < 4.78 is 0.977. The van der Waals surface area contributed by atoms with Crippen LogP contribution in [0, 0.1) is 0 Å². The van der Waals surface area contributed by atoms with E-state index in [1.165, 1.54) is 0 Å². The fraction of sp³-hybridized carbons (Fsp3) is 0.0526. The van der Waals surface area contributed by atoms with Crippen LogP contribution in [0.2, 0.25) is 0 Å². The van der Waals surface area contributed by atoms with Crippen LogP contribution >= 0.6 is 15.9 Å². The zero-order valence-corrected chi connectivity index (χ0v) is 14.2. The van der Waals surface area contributed by atoms with Gasteiger partial charge in [-0.15, -0.1) is 0 Å². The molecule has 0 radical (unpaired) electrons. The lowest BCUT2D eigenvalue weighted by atomic mass is 10.0. The predicted molar refractivity (Wildman–Crippen MR) is 97.8 cm³/mol. The van der Waals surface area contributed by atoms with Gasteiger partial charge in [0.15, 0.2) is 0 Å². The minimum Gasteiger partial charge on any atom is -0.267 e. The Labute approximate surface area is 143 Å². The van der Waals surface area contributed by atoms with E-state index in [0.717, 1.165) is 26.5 Å². The quantitative estimate of drug-likeness (QED) is 0.527. The second kappa shape index (κ2) is 6.75. The van der Waals surface area contributed by atoms with Crippen LogP contribution < -0.4 is 5.43 Å². The molecule has 0 aliphatic rings. The highest BCUT2D eigenvalue weighted by molar-refractivity contribution is 9.10. The van der Waals surface area contributed by atoms with Crippen molar-refractivity contribution in [3.05, 3.63) is 82.3 Å². The smallest absolute Gasteiger partial charge is 0.267 e. The highest BCUT2D eigenvalue weighted by atomic mass is 79.9. The number of hydrogen-bond acceptors (Lipinski definition) is 2. The molecular formula is C19H15BrN2O. The largest absolute Gasteiger partial charge is 0.272 e. The van der Waals surface area contributed by atoms with Gasteiger partial charge < -0.3 is 0 Å². The van der Waals surface area contributed by atoms with E-state index in [-0.39, 0.29) is 5.91 Å². The summed E-state index contributed by atoms with van der Waals surface area (Å²) in [5, 5.41) is 6.17. The number of amides is 1. The van der Waals surface area contributed by atoms with Crippen LogP contribution in [-0.2, 0) is 0 Å². The molecule has 3 nitrogen and oxygen atoms in total. The Morgan fingerprint density at radius 1 is 1.00 bits per heavy atom. The highest BCUT2D eigenvalue weighted by Crippen LogP contribution is 2.18.